The van der Waals surface area contributed by atoms with Gasteiger partial charge in [0.1, 0.15) is 5.75 Å². The van der Waals surface area contributed by atoms with Crippen LogP contribution in [-0.2, 0) is 6.54 Å². The number of halogens is 2. The molecule has 0 unspecified atom stereocenters. The molecule has 0 saturated carbocycles. The second-order valence-corrected chi connectivity index (χ2v) is 6.60. The lowest BCUT2D eigenvalue weighted by Gasteiger charge is -2.23. The number of amides is 2. The minimum Gasteiger partial charge on any atom is -0.472 e. The molecule has 0 fully saturated rings. The Labute approximate surface area is 168 Å². The number of ether oxygens (including phenoxy) is 1. The quantitative estimate of drug-likeness (QED) is 0.535. The number of para-hydroxylation sites is 1. The molecule has 0 aliphatic rings. The Kier molecular flexibility index (Phi) is 6.58. The van der Waals surface area contributed by atoms with Gasteiger partial charge in [-0.05, 0) is 35.9 Å². The molecule has 138 valence electrons. The predicted octanol–water partition coefficient (Wildman–Crippen LogP) is 5.75. The fraction of sp³-hybridized carbons (Fsp3) is 0.0952. The van der Waals surface area contributed by atoms with Crippen LogP contribution in [0.15, 0.2) is 78.9 Å². The first-order valence-electron chi connectivity index (χ1n) is 8.35. The van der Waals surface area contributed by atoms with Gasteiger partial charge in [0.25, 0.3) is 0 Å². The highest BCUT2D eigenvalue weighted by molar-refractivity contribution is 6.35. The van der Waals surface area contributed by atoms with Crippen LogP contribution in [0, 0.1) is 0 Å². The summed E-state index contributed by atoms with van der Waals surface area (Å²) in [5, 5.41) is 3.68. The Balaban J connectivity index is 1.67. The first-order valence-corrected chi connectivity index (χ1v) is 9.11. The fourth-order valence-corrected chi connectivity index (χ4v) is 2.98. The Morgan fingerprint density at radius 1 is 0.926 bits per heavy atom. The van der Waals surface area contributed by atoms with Crippen LogP contribution in [0.5, 0.6) is 5.75 Å². The van der Waals surface area contributed by atoms with Crippen LogP contribution in [0.1, 0.15) is 5.56 Å². The number of hydrogen-bond acceptors (Lipinski definition) is 2. The van der Waals surface area contributed by atoms with E-state index >= 15 is 0 Å². The van der Waals surface area contributed by atoms with E-state index in [1.807, 2.05) is 60.7 Å². The zero-order chi connectivity index (χ0) is 19.1. The van der Waals surface area contributed by atoms with Crippen LogP contribution in [-0.4, -0.2) is 12.8 Å². The van der Waals surface area contributed by atoms with E-state index in [2.05, 4.69) is 5.32 Å². The highest BCUT2D eigenvalue weighted by atomic mass is 35.5. The second kappa shape index (κ2) is 9.31. The average molecular weight is 401 g/mol. The monoisotopic (exact) mass is 400 g/mol. The van der Waals surface area contributed by atoms with E-state index in [0.717, 1.165) is 11.3 Å². The van der Waals surface area contributed by atoms with Crippen molar-refractivity contribution in [3.05, 3.63) is 94.5 Å². The van der Waals surface area contributed by atoms with Gasteiger partial charge < -0.3 is 10.1 Å². The molecule has 0 atom stereocenters. The van der Waals surface area contributed by atoms with E-state index < -0.39 is 0 Å². The number of anilines is 1. The van der Waals surface area contributed by atoms with Crippen molar-refractivity contribution in [2.75, 3.05) is 11.6 Å². The van der Waals surface area contributed by atoms with Crippen molar-refractivity contribution in [3.63, 3.8) is 0 Å². The summed E-state index contributed by atoms with van der Waals surface area (Å²) < 4.78 is 5.55. The molecule has 3 aromatic rings. The zero-order valence-corrected chi connectivity index (χ0v) is 16.0. The maximum absolute atomic E-state index is 12.8. The van der Waals surface area contributed by atoms with Crippen LogP contribution in [0.25, 0.3) is 0 Å². The lowest BCUT2D eigenvalue weighted by Crippen LogP contribution is -2.41. The average Bonchev–Trinajstić information content (AvgIpc) is 2.69. The topological polar surface area (TPSA) is 41.6 Å². The van der Waals surface area contributed by atoms with Crippen LogP contribution >= 0.6 is 23.2 Å². The number of benzene rings is 3. The first kappa shape index (κ1) is 19.1. The van der Waals surface area contributed by atoms with Crippen molar-refractivity contribution in [1.82, 2.24) is 5.32 Å². The Morgan fingerprint density at radius 3 is 2.26 bits per heavy atom. The largest absolute Gasteiger partial charge is 0.472 e. The van der Waals surface area contributed by atoms with E-state index in [1.165, 1.54) is 0 Å². The summed E-state index contributed by atoms with van der Waals surface area (Å²) in [4.78, 5) is 14.4. The van der Waals surface area contributed by atoms with E-state index in [-0.39, 0.29) is 12.8 Å². The third-order valence-corrected chi connectivity index (χ3v) is 4.37. The molecule has 0 aliphatic heterocycles. The van der Waals surface area contributed by atoms with Gasteiger partial charge in [-0.2, -0.15) is 0 Å². The van der Waals surface area contributed by atoms with Gasteiger partial charge in [0, 0.05) is 10.7 Å². The maximum Gasteiger partial charge on any atom is 0.324 e. The standard InChI is InChI=1S/C21H18Cl2N2O2/c22-17-11-12-20(19(23)13-17)27-15-24-21(26)25(18-9-5-2-6-10-18)14-16-7-3-1-4-8-16/h1-13H,14-15H2,(H,24,26). The smallest absolute Gasteiger partial charge is 0.324 e. The van der Waals surface area contributed by atoms with Crippen molar-refractivity contribution >= 4 is 34.9 Å². The lowest BCUT2D eigenvalue weighted by atomic mass is 10.2. The van der Waals surface area contributed by atoms with Crippen LogP contribution in [0.3, 0.4) is 0 Å². The number of hydrogen-bond donors (Lipinski definition) is 1. The normalized spacial score (nSPS) is 10.3. The SMILES string of the molecule is O=C(NCOc1ccc(Cl)cc1Cl)N(Cc1ccccc1)c1ccccc1. The van der Waals surface area contributed by atoms with Gasteiger partial charge in [-0.15, -0.1) is 0 Å². The van der Waals surface area contributed by atoms with Gasteiger partial charge in [0.15, 0.2) is 6.73 Å². The molecular formula is C21H18Cl2N2O2. The number of nitrogens with one attached hydrogen (secondary N) is 1. The molecule has 0 radical (unpaired) electrons. The number of rotatable bonds is 6. The molecule has 2 amide bonds. The molecule has 3 aromatic carbocycles. The molecule has 0 spiro atoms. The molecule has 0 heterocycles. The van der Waals surface area contributed by atoms with Gasteiger partial charge in [0.05, 0.1) is 11.6 Å². The van der Waals surface area contributed by atoms with Gasteiger partial charge in [-0.1, -0.05) is 71.7 Å². The highest BCUT2D eigenvalue weighted by Crippen LogP contribution is 2.27. The van der Waals surface area contributed by atoms with Crippen LogP contribution in [0.2, 0.25) is 10.0 Å². The number of carbonyl (C=O) groups is 1. The molecule has 0 aliphatic carbocycles. The van der Waals surface area contributed by atoms with Crippen LogP contribution < -0.4 is 15.0 Å². The molecule has 0 aromatic heterocycles. The van der Waals surface area contributed by atoms with E-state index in [9.17, 15) is 4.79 Å². The predicted molar refractivity (Wildman–Crippen MR) is 110 cm³/mol. The molecule has 4 nitrogen and oxygen atoms in total. The fourth-order valence-electron chi connectivity index (χ4n) is 2.52. The molecule has 1 N–H and O–H groups in total. The summed E-state index contributed by atoms with van der Waals surface area (Å²) in [7, 11) is 0. The highest BCUT2D eigenvalue weighted by Gasteiger charge is 2.16. The van der Waals surface area contributed by atoms with Gasteiger partial charge in [-0.3, -0.25) is 4.90 Å². The zero-order valence-electron chi connectivity index (χ0n) is 14.4. The van der Waals surface area contributed by atoms with E-state index in [0.29, 0.717) is 22.3 Å². The molecule has 0 saturated heterocycles. The summed E-state index contributed by atoms with van der Waals surface area (Å²) in [6.07, 6.45) is 0. The molecule has 3 rings (SSSR count). The maximum atomic E-state index is 12.8. The van der Waals surface area contributed by atoms with Gasteiger partial charge in [-0.25, -0.2) is 4.79 Å². The second-order valence-electron chi connectivity index (χ2n) is 5.75. The summed E-state index contributed by atoms with van der Waals surface area (Å²) in [5.41, 5.74) is 1.82. The van der Waals surface area contributed by atoms with Crippen molar-refractivity contribution in [3.8, 4) is 5.75 Å². The van der Waals surface area contributed by atoms with Crippen molar-refractivity contribution in [2.45, 2.75) is 6.54 Å². The Bertz CT molecular complexity index is 889. The van der Waals surface area contributed by atoms with Gasteiger partial charge in [0.2, 0.25) is 0 Å². The van der Waals surface area contributed by atoms with Crippen molar-refractivity contribution in [1.29, 1.82) is 0 Å². The third kappa shape index (κ3) is 5.39. The van der Waals surface area contributed by atoms with Gasteiger partial charge >= 0.3 is 6.03 Å². The molecule has 0 bridgehead atoms. The minimum absolute atomic E-state index is 0.0156. The Hall–Kier alpha value is -2.69. The summed E-state index contributed by atoms with van der Waals surface area (Å²) >= 11 is 11.9. The Morgan fingerprint density at radius 2 is 1.59 bits per heavy atom. The minimum atomic E-state index is -0.268. The lowest BCUT2D eigenvalue weighted by molar-refractivity contribution is 0.229. The number of nitrogens with zero attached hydrogens (tertiary/aromatic N) is 1. The van der Waals surface area contributed by atoms with Crippen molar-refractivity contribution < 1.29 is 9.53 Å². The first-order chi connectivity index (χ1) is 13.1. The number of urea groups is 1. The third-order valence-electron chi connectivity index (χ3n) is 3.84. The summed E-state index contributed by atoms with van der Waals surface area (Å²) in [5.74, 6) is 0.454. The van der Waals surface area contributed by atoms with Crippen molar-refractivity contribution in [2.24, 2.45) is 0 Å². The van der Waals surface area contributed by atoms with Crippen LogP contribution in [0.4, 0.5) is 10.5 Å². The summed E-state index contributed by atoms with van der Waals surface area (Å²) in [6.45, 7) is 0.427. The molecule has 6 heteroatoms. The molecular weight excluding hydrogens is 383 g/mol. The molecule has 27 heavy (non-hydrogen) atoms. The van der Waals surface area contributed by atoms with E-state index in [1.54, 1.807) is 23.1 Å². The number of carbonyl (C=O) groups excluding carboxylic acids is 1. The van der Waals surface area contributed by atoms with E-state index in [4.69, 9.17) is 27.9 Å². The summed E-state index contributed by atoms with van der Waals surface area (Å²) in [6, 6.07) is 23.9.